The van der Waals surface area contributed by atoms with Crippen LogP contribution >= 0.6 is 35.3 Å². The molecule has 1 aromatic carbocycles. The number of guanidine groups is 1. The molecular formula is C18H26IN5OS. The van der Waals surface area contributed by atoms with Crippen LogP contribution in [0.15, 0.2) is 35.5 Å². The number of hydrogen-bond donors (Lipinski definition) is 3. The Labute approximate surface area is 175 Å². The number of nitrogens with zero attached hydrogens (tertiary/aromatic N) is 2. The normalized spacial score (nSPS) is 11.0. The van der Waals surface area contributed by atoms with Gasteiger partial charge in [-0.3, -0.25) is 9.79 Å². The molecule has 1 heterocycles. The molecule has 0 radical (unpaired) electrons. The minimum Gasteiger partial charge on any atom is -0.352 e. The number of thiazole rings is 1. The summed E-state index contributed by atoms with van der Waals surface area (Å²) in [6.07, 6.45) is 1.87. The van der Waals surface area contributed by atoms with Crippen LogP contribution < -0.4 is 16.0 Å². The summed E-state index contributed by atoms with van der Waals surface area (Å²) in [7, 11) is 1.74. The van der Waals surface area contributed by atoms with Crippen LogP contribution in [0, 0.1) is 12.8 Å². The summed E-state index contributed by atoms with van der Waals surface area (Å²) in [5.74, 6) is 0.718. The fourth-order valence-corrected chi connectivity index (χ4v) is 2.77. The molecule has 2 rings (SSSR count). The SMILES string of the molecule is CN=C(NCc1ccc(NC(=O)C(C)C)cc1)NCc1ncc(C)s1.I. The Kier molecular flexibility index (Phi) is 9.57. The molecule has 8 heteroatoms. The summed E-state index contributed by atoms with van der Waals surface area (Å²) in [6, 6.07) is 7.79. The number of nitrogens with one attached hydrogen (secondary N) is 3. The highest BCUT2D eigenvalue weighted by Crippen LogP contribution is 2.11. The summed E-state index contributed by atoms with van der Waals surface area (Å²) in [5, 5.41) is 10.4. The molecule has 2 aromatic rings. The van der Waals surface area contributed by atoms with Crippen LogP contribution in [0.1, 0.15) is 29.3 Å². The van der Waals surface area contributed by atoms with Gasteiger partial charge >= 0.3 is 0 Å². The Morgan fingerprint density at radius 3 is 2.38 bits per heavy atom. The minimum atomic E-state index is -0.0302. The largest absolute Gasteiger partial charge is 0.352 e. The summed E-state index contributed by atoms with van der Waals surface area (Å²) >= 11 is 1.67. The number of carbonyl (C=O) groups excluding carboxylic acids is 1. The van der Waals surface area contributed by atoms with Gasteiger partial charge in [0.2, 0.25) is 5.91 Å². The Morgan fingerprint density at radius 1 is 1.19 bits per heavy atom. The molecule has 0 bridgehead atoms. The lowest BCUT2D eigenvalue weighted by molar-refractivity contribution is -0.118. The maximum atomic E-state index is 11.7. The van der Waals surface area contributed by atoms with E-state index >= 15 is 0 Å². The quantitative estimate of drug-likeness (QED) is 0.331. The number of halogens is 1. The molecule has 1 amide bonds. The Balaban J connectivity index is 0.00000338. The van der Waals surface area contributed by atoms with Crippen molar-refractivity contribution >= 4 is 52.9 Å². The van der Waals surface area contributed by atoms with Gasteiger partial charge in [0.05, 0.1) is 6.54 Å². The lowest BCUT2D eigenvalue weighted by atomic mass is 10.1. The molecule has 0 aliphatic carbocycles. The standard InChI is InChI=1S/C18H25N5OS.HI/c1-12(2)17(24)23-15-7-5-14(6-8-15)10-21-18(19-4)22-11-16-20-9-13(3)25-16;/h5-9,12H,10-11H2,1-4H3,(H,23,24)(H2,19,21,22);1H. The van der Waals surface area contributed by atoms with E-state index < -0.39 is 0 Å². The fraction of sp³-hybridized carbons (Fsp3) is 0.389. The van der Waals surface area contributed by atoms with Gasteiger partial charge in [0.1, 0.15) is 5.01 Å². The van der Waals surface area contributed by atoms with E-state index in [9.17, 15) is 4.79 Å². The average Bonchev–Trinajstić information content (AvgIpc) is 3.01. The highest BCUT2D eigenvalue weighted by Gasteiger charge is 2.07. The van der Waals surface area contributed by atoms with E-state index in [0.717, 1.165) is 22.2 Å². The molecule has 6 nitrogen and oxygen atoms in total. The first-order valence-corrected chi connectivity index (χ1v) is 9.05. The predicted octanol–water partition coefficient (Wildman–Crippen LogP) is 3.53. The monoisotopic (exact) mass is 487 g/mol. The predicted molar refractivity (Wildman–Crippen MR) is 119 cm³/mol. The van der Waals surface area contributed by atoms with E-state index in [1.165, 1.54) is 4.88 Å². The zero-order valence-corrected chi connectivity index (χ0v) is 18.6. The first-order chi connectivity index (χ1) is 12.0. The van der Waals surface area contributed by atoms with Crippen molar-refractivity contribution in [1.29, 1.82) is 0 Å². The number of aromatic nitrogens is 1. The van der Waals surface area contributed by atoms with E-state index in [2.05, 4.69) is 25.9 Å². The van der Waals surface area contributed by atoms with Crippen LogP contribution in [0.2, 0.25) is 0 Å². The molecule has 0 saturated heterocycles. The van der Waals surface area contributed by atoms with Crippen molar-refractivity contribution in [1.82, 2.24) is 15.6 Å². The molecule has 3 N–H and O–H groups in total. The topological polar surface area (TPSA) is 78.4 Å². The number of aryl methyl sites for hydroxylation is 1. The average molecular weight is 487 g/mol. The first-order valence-electron chi connectivity index (χ1n) is 8.23. The smallest absolute Gasteiger partial charge is 0.226 e. The molecule has 0 spiro atoms. The van der Waals surface area contributed by atoms with E-state index in [1.807, 2.05) is 51.2 Å². The zero-order valence-electron chi connectivity index (χ0n) is 15.5. The van der Waals surface area contributed by atoms with E-state index in [-0.39, 0.29) is 35.8 Å². The van der Waals surface area contributed by atoms with Gasteiger partial charge in [-0.25, -0.2) is 4.98 Å². The zero-order chi connectivity index (χ0) is 18.2. The van der Waals surface area contributed by atoms with Crippen molar-refractivity contribution in [3.8, 4) is 0 Å². The second-order valence-corrected chi connectivity index (χ2v) is 7.30. The summed E-state index contributed by atoms with van der Waals surface area (Å²) in [6.45, 7) is 7.09. The van der Waals surface area contributed by atoms with Crippen LogP contribution in [-0.2, 0) is 17.9 Å². The highest BCUT2D eigenvalue weighted by molar-refractivity contribution is 14.0. The van der Waals surface area contributed by atoms with Crippen molar-refractivity contribution in [3.05, 3.63) is 45.9 Å². The van der Waals surface area contributed by atoms with E-state index in [0.29, 0.717) is 13.1 Å². The third-order valence-electron chi connectivity index (χ3n) is 3.51. The van der Waals surface area contributed by atoms with Gasteiger partial charge in [-0.1, -0.05) is 26.0 Å². The number of hydrogen-bond acceptors (Lipinski definition) is 4. The minimum absolute atomic E-state index is 0. The van der Waals surface area contributed by atoms with Crippen molar-refractivity contribution in [2.24, 2.45) is 10.9 Å². The van der Waals surface area contributed by atoms with Crippen molar-refractivity contribution in [3.63, 3.8) is 0 Å². The van der Waals surface area contributed by atoms with Crippen molar-refractivity contribution < 1.29 is 4.79 Å². The molecule has 0 aliphatic rings. The number of amides is 1. The van der Waals surface area contributed by atoms with Crippen molar-refractivity contribution in [2.45, 2.75) is 33.9 Å². The second kappa shape index (κ2) is 11.1. The van der Waals surface area contributed by atoms with Gasteiger partial charge in [0, 0.05) is 36.3 Å². The highest BCUT2D eigenvalue weighted by atomic mass is 127. The van der Waals surface area contributed by atoms with Gasteiger partial charge in [0.25, 0.3) is 0 Å². The van der Waals surface area contributed by atoms with Gasteiger partial charge in [-0.15, -0.1) is 35.3 Å². The Hall–Kier alpha value is -1.68. The van der Waals surface area contributed by atoms with Gasteiger partial charge < -0.3 is 16.0 Å². The number of carbonyl (C=O) groups is 1. The summed E-state index contributed by atoms with van der Waals surface area (Å²) < 4.78 is 0. The third-order valence-corrected chi connectivity index (χ3v) is 4.42. The van der Waals surface area contributed by atoms with Gasteiger partial charge in [-0.05, 0) is 24.6 Å². The molecular weight excluding hydrogens is 461 g/mol. The Morgan fingerprint density at radius 2 is 1.85 bits per heavy atom. The molecule has 0 unspecified atom stereocenters. The van der Waals surface area contributed by atoms with Crippen LogP contribution in [0.25, 0.3) is 0 Å². The number of aliphatic imine (C=N–C) groups is 1. The van der Waals surface area contributed by atoms with Crippen molar-refractivity contribution in [2.75, 3.05) is 12.4 Å². The van der Waals surface area contributed by atoms with Gasteiger partial charge in [0.15, 0.2) is 5.96 Å². The second-order valence-electron chi connectivity index (χ2n) is 5.98. The van der Waals surface area contributed by atoms with Gasteiger partial charge in [-0.2, -0.15) is 0 Å². The lowest BCUT2D eigenvalue weighted by Crippen LogP contribution is -2.36. The first kappa shape index (κ1) is 22.4. The molecule has 1 aromatic heterocycles. The molecule has 142 valence electrons. The molecule has 0 atom stereocenters. The van der Waals surface area contributed by atoms with E-state index in [4.69, 9.17) is 0 Å². The third kappa shape index (κ3) is 7.28. The van der Waals surface area contributed by atoms with Crippen LogP contribution in [-0.4, -0.2) is 23.9 Å². The maximum Gasteiger partial charge on any atom is 0.226 e. The van der Waals surface area contributed by atoms with Crippen LogP contribution in [0.4, 0.5) is 5.69 Å². The molecule has 26 heavy (non-hydrogen) atoms. The number of anilines is 1. The summed E-state index contributed by atoms with van der Waals surface area (Å²) in [4.78, 5) is 21.4. The maximum absolute atomic E-state index is 11.7. The molecule has 0 saturated carbocycles. The number of rotatable bonds is 6. The molecule has 0 fully saturated rings. The Bertz CT molecular complexity index is 727. The van der Waals surface area contributed by atoms with E-state index in [1.54, 1.807) is 18.4 Å². The summed E-state index contributed by atoms with van der Waals surface area (Å²) in [5.41, 5.74) is 1.92. The fourth-order valence-electron chi connectivity index (χ4n) is 2.04. The van der Waals surface area contributed by atoms with Crippen LogP contribution in [0.3, 0.4) is 0 Å². The molecule has 0 aliphatic heterocycles. The van der Waals surface area contributed by atoms with Crippen LogP contribution in [0.5, 0.6) is 0 Å². The number of benzene rings is 1. The lowest BCUT2D eigenvalue weighted by Gasteiger charge is -2.12.